The van der Waals surface area contributed by atoms with Crippen molar-refractivity contribution in [3.05, 3.63) is 35.4 Å². The smallest absolute Gasteiger partial charge is 0.337 e. The Morgan fingerprint density at radius 3 is 2.88 bits per heavy atom. The van der Waals surface area contributed by atoms with Gasteiger partial charge in [-0.1, -0.05) is 12.1 Å². The Kier molecular flexibility index (Phi) is 2.94. The van der Waals surface area contributed by atoms with Crippen molar-refractivity contribution < 1.29 is 9.53 Å². The number of rotatable bonds is 2. The standard InChI is InChI=1S/C10H13N5O2/c1-14-9(12-15(11)13-14)7-4-3-5-8(6-7)10(16)17-2/h3-6,13H,11H2,1-2H3. The lowest BCUT2D eigenvalue weighted by Gasteiger charge is -2.14. The van der Waals surface area contributed by atoms with Gasteiger partial charge in [-0.2, -0.15) is 0 Å². The molecular weight excluding hydrogens is 222 g/mol. The van der Waals surface area contributed by atoms with Gasteiger partial charge in [-0.25, -0.2) is 10.6 Å². The van der Waals surface area contributed by atoms with Gasteiger partial charge in [0.05, 0.1) is 12.7 Å². The third-order valence-electron chi connectivity index (χ3n) is 2.31. The van der Waals surface area contributed by atoms with E-state index in [2.05, 4.69) is 15.4 Å². The second-order valence-electron chi connectivity index (χ2n) is 3.50. The van der Waals surface area contributed by atoms with E-state index in [0.717, 1.165) is 10.8 Å². The largest absolute Gasteiger partial charge is 0.465 e. The Hall–Kier alpha value is -2.12. The summed E-state index contributed by atoms with van der Waals surface area (Å²) in [5.74, 6) is 5.72. The SMILES string of the molecule is COC(=O)c1cccc(C2=NN(N)NN2C)c1. The van der Waals surface area contributed by atoms with Crippen molar-refractivity contribution >= 4 is 11.8 Å². The van der Waals surface area contributed by atoms with Crippen molar-refractivity contribution in [3.8, 4) is 0 Å². The molecule has 0 atom stereocenters. The molecule has 17 heavy (non-hydrogen) atoms. The minimum atomic E-state index is -0.384. The maximum atomic E-state index is 11.4. The number of nitrogens with one attached hydrogen (secondary N) is 1. The zero-order valence-electron chi connectivity index (χ0n) is 9.54. The van der Waals surface area contributed by atoms with Gasteiger partial charge in [-0.3, -0.25) is 5.01 Å². The van der Waals surface area contributed by atoms with E-state index in [1.807, 2.05) is 6.07 Å². The second kappa shape index (κ2) is 4.40. The van der Waals surface area contributed by atoms with Gasteiger partial charge in [0.2, 0.25) is 0 Å². The van der Waals surface area contributed by atoms with Gasteiger partial charge in [0.15, 0.2) is 5.84 Å². The lowest BCUT2D eigenvalue weighted by molar-refractivity contribution is 0.0600. The summed E-state index contributed by atoms with van der Waals surface area (Å²) in [5, 5.41) is 6.80. The van der Waals surface area contributed by atoms with Crippen molar-refractivity contribution in [3.63, 3.8) is 0 Å². The predicted octanol–water partition coefficient (Wildman–Crippen LogP) is -0.324. The molecule has 0 bridgehead atoms. The van der Waals surface area contributed by atoms with Crippen LogP contribution in [0, 0.1) is 0 Å². The van der Waals surface area contributed by atoms with Crippen molar-refractivity contribution in [2.24, 2.45) is 10.9 Å². The molecule has 2 rings (SSSR count). The third kappa shape index (κ3) is 2.19. The quantitative estimate of drug-likeness (QED) is 0.539. The monoisotopic (exact) mass is 235 g/mol. The van der Waals surface area contributed by atoms with Crippen molar-refractivity contribution in [1.29, 1.82) is 0 Å². The maximum Gasteiger partial charge on any atom is 0.337 e. The van der Waals surface area contributed by atoms with Crippen LogP contribution >= 0.6 is 0 Å². The van der Waals surface area contributed by atoms with Gasteiger partial charge in [-0.15, -0.1) is 15.9 Å². The van der Waals surface area contributed by atoms with Gasteiger partial charge in [-0.05, 0) is 12.1 Å². The number of carbonyl (C=O) groups excluding carboxylic acids is 1. The molecule has 0 spiro atoms. The first-order valence-corrected chi connectivity index (χ1v) is 4.94. The van der Waals surface area contributed by atoms with E-state index in [4.69, 9.17) is 5.84 Å². The Balaban J connectivity index is 2.34. The van der Waals surface area contributed by atoms with Crippen LogP contribution in [-0.4, -0.2) is 36.2 Å². The van der Waals surface area contributed by atoms with E-state index in [-0.39, 0.29) is 5.97 Å². The number of nitrogens with two attached hydrogens (primary N) is 1. The van der Waals surface area contributed by atoms with Gasteiger partial charge < -0.3 is 4.74 Å². The van der Waals surface area contributed by atoms with Crippen molar-refractivity contribution in [2.75, 3.05) is 14.2 Å². The number of hydrogen-bond acceptors (Lipinski definition) is 7. The molecule has 0 saturated carbocycles. The van der Waals surface area contributed by atoms with Gasteiger partial charge in [0.25, 0.3) is 0 Å². The van der Waals surface area contributed by atoms with E-state index in [9.17, 15) is 4.79 Å². The molecule has 0 unspecified atom stereocenters. The Morgan fingerprint density at radius 1 is 1.53 bits per heavy atom. The summed E-state index contributed by atoms with van der Waals surface area (Å²) in [5.41, 5.74) is 4.00. The number of hydrogen-bond donors (Lipinski definition) is 2. The molecule has 90 valence electrons. The van der Waals surface area contributed by atoms with Crippen LogP contribution < -0.4 is 11.4 Å². The highest BCUT2D eigenvalue weighted by atomic mass is 16.5. The average Bonchev–Trinajstić information content (AvgIpc) is 2.67. The topological polar surface area (TPSA) is 83.2 Å². The molecule has 7 heteroatoms. The number of esters is 1. The minimum absolute atomic E-state index is 0.384. The minimum Gasteiger partial charge on any atom is -0.465 e. The Morgan fingerprint density at radius 2 is 2.29 bits per heavy atom. The molecule has 0 saturated heterocycles. The lowest BCUT2D eigenvalue weighted by atomic mass is 10.1. The summed E-state index contributed by atoms with van der Waals surface area (Å²) in [4.78, 5) is 11.4. The summed E-state index contributed by atoms with van der Waals surface area (Å²) >= 11 is 0. The van der Waals surface area contributed by atoms with Gasteiger partial charge in [0, 0.05) is 12.6 Å². The summed E-state index contributed by atoms with van der Waals surface area (Å²) in [7, 11) is 3.12. The van der Waals surface area contributed by atoms with E-state index < -0.39 is 0 Å². The molecular formula is C10H13N5O2. The number of amidine groups is 1. The highest BCUT2D eigenvalue weighted by molar-refractivity contribution is 6.01. The van der Waals surface area contributed by atoms with Crippen LogP contribution in [0.4, 0.5) is 0 Å². The van der Waals surface area contributed by atoms with E-state index in [0.29, 0.717) is 11.4 Å². The summed E-state index contributed by atoms with van der Waals surface area (Å²) in [6, 6.07) is 6.97. The van der Waals surface area contributed by atoms with Gasteiger partial charge >= 0.3 is 5.97 Å². The number of carbonyl (C=O) groups is 1. The van der Waals surface area contributed by atoms with E-state index >= 15 is 0 Å². The Bertz CT molecular complexity index is 474. The highest BCUT2D eigenvalue weighted by Crippen LogP contribution is 2.11. The zero-order chi connectivity index (χ0) is 12.4. The molecule has 0 aromatic heterocycles. The number of ether oxygens (including phenoxy) is 1. The normalized spacial score (nSPS) is 14.9. The average molecular weight is 235 g/mol. The fourth-order valence-electron chi connectivity index (χ4n) is 1.55. The molecule has 0 amide bonds. The number of benzene rings is 1. The number of hydrazine groups is 3. The zero-order valence-corrected chi connectivity index (χ0v) is 9.54. The fourth-order valence-corrected chi connectivity index (χ4v) is 1.55. The molecule has 0 fully saturated rings. The molecule has 1 heterocycles. The molecule has 3 N–H and O–H groups in total. The van der Waals surface area contributed by atoms with Gasteiger partial charge in [0.1, 0.15) is 0 Å². The highest BCUT2D eigenvalue weighted by Gasteiger charge is 2.19. The molecule has 0 aliphatic carbocycles. The summed E-state index contributed by atoms with van der Waals surface area (Å²) in [6.07, 6.45) is 0. The van der Waals surface area contributed by atoms with Crippen LogP contribution in [0.1, 0.15) is 15.9 Å². The van der Waals surface area contributed by atoms with Crippen LogP contribution in [0.5, 0.6) is 0 Å². The number of nitrogens with zero attached hydrogens (tertiary/aromatic N) is 3. The number of methoxy groups -OCH3 is 1. The molecule has 1 aromatic carbocycles. The molecule has 1 aromatic rings. The molecule has 0 radical (unpaired) electrons. The molecule has 1 aliphatic heterocycles. The van der Waals surface area contributed by atoms with Crippen LogP contribution in [0.3, 0.4) is 0 Å². The summed E-state index contributed by atoms with van der Waals surface area (Å²) in [6.45, 7) is 0. The van der Waals surface area contributed by atoms with Crippen LogP contribution in [0.15, 0.2) is 29.4 Å². The Labute approximate surface area is 98.3 Å². The predicted molar refractivity (Wildman–Crippen MR) is 61.2 cm³/mol. The first-order valence-electron chi connectivity index (χ1n) is 4.94. The molecule has 1 aliphatic rings. The van der Waals surface area contributed by atoms with Crippen molar-refractivity contribution in [1.82, 2.24) is 15.8 Å². The van der Waals surface area contributed by atoms with Crippen LogP contribution in [0.2, 0.25) is 0 Å². The van der Waals surface area contributed by atoms with E-state index in [1.165, 1.54) is 7.11 Å². The summed E-state index contributed by atoms with van der Waals surface area (Å²) < 4.78 is 4.66. The number of hydrazone groups is 1. The second-order valence-corrected chi connectivity index (χ2v) is 3.50. The first-order chi connectivity index (χ1) is 8.11. The lowest BCUT2D eigenvalue weighted by Crippen LogP contribution is -2.43. The first kappa shape index (κ1) is 11.4. The van der Waals surface area contributed by atoms with Crippen LogP contribution in [0.25, 0.3) is 0 Å². The maximum absolute atomic E-state index is 11.4. The van der Waals surface area contributed by atoms with Crippen molar-refractivity contribution in [2.45, 2.75) is 0 Å². The molecule has 7 nitrogen and oxygen atoms in total. The van der Waals surface area contributed by atoms with Crippen LogP contribution in [-0.2, 0) is 4.74 Å². The van der Waals surface area contributed by atoms with E-state index in [1.54, 1.807) is 30.3 Å². The fraction of sp³-hybridized carbons (Fsp3) is 0.200. The third-order valence-corrected chi connectivity index (χ3v) is 2.31.